The Bertz CT molecular complexity index is 1260. The number of ether oxygens (including phenoxy) is 2. The summed E-state index contributed by atoms with van der Waals surface area (Å²) in [5, 5.41) is 1.36. The molecule has 0 spiro atoms. The Labute approximate surface area is 186 Å². The van der Waals surface area contributed by atoms with Gasteiger partial charge in [-0.15, -0.1) is 11.3 Å². The van der Waals surface area contributed by atoms with Crippen LogP contribution in [0.3, 0.4) is 0 Å². The third kappa shape index (κ3) is 3.15. The normalized spacial score (nSPS) is 14.4. The van der Waals surface area contributed by atoms with Crippen LogP contribution in [-0.4, -0.2) is 11.8 Å². The Morgan fingerprint density at radius 1 is 0.900 bits per heavy atom. The van der Waals surface area contributed by atoms with Crippen molar-refractivity contribution >= 4 is 21.6 Å². The molecule has 0 saturated carbocycles. The molecule has 0 radical (unpaired) electrons. The number of benzene rings is 2. The van der Waals surface area contributed by atoms with Crippen molar-refractivity contribution in [2.24, 2.45) is 0 Å². The second-order valence-electron chi connectivity index (χ2n) is 7.88. The third-order valence-corrected chi connectivity index (χ3v) is 7.11. The summed E-state index contributed by atoms with van der Waals surface area (Å²) in [5.41, 5.74) is 7.43. The molecule has 4 aromatic rings. The van der Waals surface area contributed by atoms with Crippen LogP contribution >= 0.6 is 11.3 Å². The fourth-order valence-corrected chi connectivity index (χ4v) is 5.79. The van der Waals surface area contributed by atoms with E-state index in [9.17, 15) is 0 Å². The molecule has 6 rings (SSSR count). The summed E-state index contributed by atoms with van der Waals surface area (Å²) in [6, 6.07) is 17.2. The van der Waals surface area contributed by atoms with E-state index in [-0.39, 0.29) is 19.2 Å². The Morgan fingerprint density at radius 3 is 2.67 bits per heavy atom. The van der Waals surface area contributed by atoms with Gasteiger partial charge < -0.3 is 21.9 Å². The van der Waals surface area contributed by atoms with Crippen molar-refractivity contribution in [3.8, 4) is 33.9 Å². The molecule has 0 atom stereocenters. The first-order valence-corrected chi connectivity index (χ1v) is 11.0. The maximum atomic E-state index is 5.60. The van der Waals surface area contributed by atoms with Gasteiger partial charge in [0, 0.05) is 15.8 Å². The summed E-state index contributed by atoms with van der Waals surface area (Å²) in [6.07, 6.45) is 4.91. The predicted molar refractivity (Wildman–Crippen MR) is 118 cm³/mol. The summed E-state index contributed by atoms with van der Waals surface area (Å²) < 4.78 is 11.1. The van der Waals surface area contributed by atoms with Crippen molar-refractivity contribution in [1.82, 2.24) is 4.98 Å². The summed E-state index contributed by atoms with van der Waals surface area (Å²) in [4.78, 5) is 7.79. The lowest BCUT2D eigenvalue weighted by atomic mass is 9.91. The first-order valence-electron chi connectivity index (χ1n) is 10.2. The third-order valence-electron chi connectivity index (χ3n) is 5.92. The van der Waals surface area contributed by atoms with E-state index in [1.54, 1.807) is 0 Å². The highest BCUT2D eigenvalue weighted by Crippen LogP contribution is 2.43. The largest absolute Gasteiger partial charge is 1.00 e. The van der Waals surface area contributed by atoms with Crippen LogP contribution in [-0.2, 0) is 12.8 Å². The summed E-state index contributed by atoms with van der Waals surface area (Å²) >= 11 is 1.88. The second-order valence-corrected chi connectivity index (χ2v) is 8.97. The molecule has 1 aliphatic heterocycles. The van der Waals surface area contributed by atoms with Gasteiger partial charge in [0.05, 0.1) is 5.69 Å². The van der Waals surface area contributed by atoms with E-state index in [0.717, 1.165) is 27.6 Å². The quantitative estimate of drug-likeness (QED) is 0.483. The van der Waals surface area contributed by atoms with E-state index in [4.69, 9.17) is 14.5 Å². The highest BCUT2D eigenvalue weighted by molar-refractivity contribution is 7.19. The van der Waals surface area contributed by atoms with E-state index in [0.29, 0.717) is 0 Å². The molecule has 0 amide bonds. The van der Waals surface area contributed by atoms with Crippen LogP contribution in [0.2, 0.25) is 0 Å². The Balaban J connectivity index is 0.00000193. The van der Waals surface area contributed by atoms with Crippen LogP contribution in [0, 0.1) is 6.92 Å². The first kappa shape index (κ1) is 19.4. The number of hydrogen-bond donors (Lipinski definition) is 0. The zero-order valence-corrected chi connectivity index (χ0v) is 18.3. The monoisotopic (exact) mass is 434 g/mol. The van der Waals surface area contributed by atoms with E-state index in [2.05, 4.69) is 43.3 Å². The van der Waals surface area contributed by atoms with E-state index < -0.39 is 0 Å². The van der Waals surface area contributed by atoms with Crippen molar-refractivity contribution in [1.29, 1.82) is 0 Å². The number of pyridine rings is 1. The van der Waals surface area contributed by atoms with Crippen LogP contribution < -0.4 is 21.9 Å². The molecule has 0 bridgehead atoms. The molecule has 3 nitrogen and oxygen atoms in total. The number of aromatic nitrogens is 1. The molecular weight excluding hydrogens is 414 g/mol. The standard InChI is InChI=1S/C25H21NO2S.ClH/c1-15-5-4-6-16(11-15)19-13-20(17-9-10-21-22(12-17)28-14-27-21)26-25-24(19)18-7-2-3-8-23(18)29-25;/h4-6,9-13H,2-3,7-8,14H2,1H3;1H/p-1. The smallest absolute Gasteiger partial charge is 0.231 e. The van der Waals surface area contributed by atoms with Crippen LogP contribution in [0.1, 0.15) is 28.8 Å². The Kier molecular flexibility index (Phi) is 4.92. The second kappa shape index (κ2) is 7.60. The van der Waals surface area contributed by atoms with E-state index in [1.165, 1.54) is 58.2 Å². The molecule has 0 unspecified atom stereocenters. The predicted octanol–water partition coefficient (Wildman–Crippen LogP) is 3.55. The average molecular weight is 435 g/mol. The van der Waals surface area contributed by atoms with Crippen molar-refractivity contribution in [3.63, 3.8) is 0 Å². The van der Waals surface area contributed by atoms with E-state index in [1.807, 2.05) is 23.5 Å². The Morgan fingerprint density at radius 2 is 1.77 bits per heavy atom. The molecule has 0 saturated heterocycles. The number of halogens is 1. The maximum Gasteiger partial charge on any atom is 0.231 e. The highest BCUT2D eigenvalue weighted by Gasteiger charge is 2.22. The first-order chi connectivity index (χ1) is 14.3. The molecule has 2 aromatic heterocycles. The lowest BCUT2D eigenvalue weighted by molar-refractivity contribution is -0.00000721. The average Bonchev–Trinajstić information content (AvgIpc) is 3.36. The lowest BCUT2D eigenvalue weighted by Gasteiger charge is -2.14. The van der Waals surface area contributed by atoms with Crippen LogP contribution in [0.15, 0.2) is 48.5 Å². The number of nitrogens with zero attached hydrogens (tertiary/aromatic N) is 1. The van der Waals surface area contributed by atoms with Gasteiger partial charge in [0.15, 0.2) is 11.5 Å². The minimum Gasteiger partial charge on any atom is -1.00 e. The molecule has 0 N–H and O–H groups in total. The molecule has 1 aliphatic carbocycles. The SMILES string of the molecule is Cc1cccc(-c2cc(-c3ccc4c(c3)OCO4)nc3sc4c(c23)CCCC4)c1.[Cl-]. The summed E-state index contributed by atoms with van der Waals surface area (Å²) in [7, 11) is 0. The van der Waals surface area contributed by atoms with Crippen LogP contribution in [0.4, 0.5) is 0 Å². The molecule has 5 heteroatoms. The minimum absolute atomic E-state index is 0. The number of fused-ring (bicyclic) bond motifs is 4. The molecule has 0 fully saturated rings. The van der Waals surface area contributed by atoms with Gasteiger partial charge in [-0.05, 0) is 73.6 Å². The summed E-state index contributed by atoms with van der Waals surface area (Å²) in [5.74, 6) is 1.60. The van der Waals surface area contributed by atoms with Crippen molar-refractivity contribution in [2.75, 3.05) is 6.79 Å². The molecule has 3 heterocycles. The van der Waals surface area contributed by atoms with Crippen LogP contribution in [0.25, 0.3) is 32.6 Å². The fourth-order valence-electron chi connectivity index (χ4n) is 4.50. The van der Waals surface area contributed by atoms with Crippen LogP contribution in [0.5, 0.6) is 11.5 Å². The van der Waals surface area contributed by atoms with Gasteiger partial charge in [-0.2, -0.15) is 0 Å². The zero-order valence-electron chi connectivity index (χ0n) is 16.7. The van der Waals surface area contributed by atoms with Gasteiger partial charge in [-0.25, -0.2) is 4.98 Å². The molecule has 30 heavy (non-hydrogen) atoms. The number of aryl methyl sites for hydroxylation is 3. The number of thiophene rings is 1. The molecular formula is C25H21ClNO2S-. The van der Waals surface area contributed by atoms with Crippen molar-refractivity contribution in [3.05, 3.63) is 64.5 Å². The Hall–Kier alpha value is -2.56. The van der Waals surface area contributed by atoms with Crippen molar-refractivity contribution < 1.29 is 21.9 Å². The molecule has 2 aliphatic rings. The van der Waals surface area contributed by atoms with Gasteiger partial charge in [-0.3, -0.25) is 0 Å². The van der Waals surface area contributed by atoms with E-state index >= 15 is 0 Å². The highest BCUT2D eigenvalue weighted by atomic mass is 35.5. The number of hydrogen-bond acceptors (Lipinski definition) is 4. The van der Waals surface area contributed by atoms with Gasteiger partial charge in [0.2, 0.25) is 6.79 Å². The van der Waals surface area contributed by atoms with Crippen molar-refractivity contribution in [2.45, 2.75) is 32.6 Å². The van der Waals surface area contributed by atoms with Gasteiger partial charge in [-0.1, -0.05) is 29.8 Å². The van der Waals surface area contributed by atoms with Gasteiger partial charge in [0.1, 0.15) is 4.83 Å². The molecule has 2 aromatic carbocycles. The maximum absolute atomic E-state index is 5.60. The fraction of sp³-hybridized carbons (Fsp3) is 0.240. The van der Waals surface area contributed by atoms with Gasteiger partial charge in [0.25, 0.3) is 0 Å². The minimum atomic E-state index is 0. The summed E-state index contributed by atoms with van der Waals surface area (Å²) in [6.45, 7) is 2.45. The molecule has 152 valence electrons. The topological polar surface area (TPSA) is 31.4 Å². The lowest BCUT2D eigenvalue weighted by Crippen LogP contribution is -3.00. The van der Waals surface area contributed by atoms with Gasteiger partial charge >= 0.3 is 0 Å². The zero-order chi connectivity index (χ0) is 19.4. The number of rotatable bonds is 2.